The summed E-state index contributed by atoms with van der Waals surface area (Å²) in [5.41, 5.74) is 3.53. The van der Waals surface area contributed by atoms with E-state index in [9.17, 15) is 9.59 Å². The molecule has 170 valence electrons. The highest BCUT2D eigenvalue weighted by Crippen LogP contribution is 2.28. The minimum atomic E-state index is -0.367. The molecule has 0 unspecified atom stereocenters. The van der Waals surface area contributed by atoms with Crippen LogP contribution in [0.3, 0.4) is 0 Å². The lowest BCUT2D eigenvalue weighted by Crippen LogP contribution is -2.38. The third-order valence-corrected chi connectivity index (χ3v) is 6.05. The highest BCUT2D eigenvalue weighted by Gasteiger charge is 2.25. The van der Waals surface area contributed by atoms with E-state index in [-0.39, 0.29) is 17.2 Å². The van der Waals surface area contributed by atoms with Crippen molar-refractivity contribution in [3.8, 4) is 11.5 Å². The summed E-state index contributed by atoms with van der Waals surface area (Å²) in [4.78, 5) is 34.2. The van der Waals surface area contributed by atoms with E-state index in [0.717, 1.165) is 26.6 Å². The molecule has 0 saturated carbocycles. The molecule has 1 aromatic carbocycles. The van der Waals surface area contributed by atoms with Crippen LogP contribution in [0.5, 0.6) is 0 Å². The molecule has 0 radical (unpaired) electrons. The van der Waals surface area contributed by atoms with Crippen molar-refractivity contribution in [2.75, 3.05) is 0 Å². The predicted molar refractivity (Wildman–Crippen MR) is 128 cm³/mol. The molecule has 5 aromatic rings. The quantitative estimate of drug-likeness (QED) is 0.450. The van der Waals surface area contributed by atoms with Gasteiger partial charge in [-0.05, 0) is 30.5 Å². The fourth-order valence-electron chi connectivity index (χ4n) is 4.41. The fraction of sp³-hybridized carbons (Fsp3) is 0.333. The highest BCUT2D eigenvalue weighted by molar-refractivity contribution is 5.89. The minimum Gasteiger partial charge on any atom is -0.361 e. The average molecular weight is 446 g/mol. The van der Waals surface area contributed by atoms with Gasteiger partial charge in [-0.15, -0.1) is 0 Å². The van der Waals surface area contributed by atoms with E-state index in [2.05, 4.69) is 35.1 Å². The molecule has 0 aliphatic carbocycles. The number of benzene rings is 1. The number of nitrogens with one attached hydrogen (secondary N) is 1. The van der Waals surface area contributed by atoms with E-state index in [4.69, 9.17) is 5.10 Å². The second kappa shape index (κ2) is 7.61. The van der Waals surface area contributed by atoms with Crippen LogP contribution in [0.4, 0.5) is 0 Å². The molecule has 0 spiro atoms. The predicted octanol–water partition coefficient (Wildman–Crippen LogP) is 2.79. The number of hydrogen-bond donors (Lipinski definition) is 1. The maximum atomic E-state index is 13.3. The van der Waals surface area contributed by atoms with Gasteiger partial charge in [-0.2, -0.15) is 5.10 Å². The lowest BCUT2D eigenvalue weighted by Gasteiger charge is -2.11. The normalized spacial score (nSPS) is 11.9. The van der Waals surface area contributed by atoms with Crippen molar-refractivity contribution < 1.29 is 0 Å². The third-order valence-electron chi connectivity index (χ3n) is 6.05. The van der Waals surface area contributed by atoms with Gasteiger partial charge in [-0.1, -0.05) is 25.5 Å². The van der Waals surface area contributed by atoms with Gasteiger partial charge < -0.3 is 9.55 Å². The standard InChI is InChI=1S/C24H27N7O2/c1-14(2)12-30-21-19(23(32)29(5)24(30)33)20(22-25-8-9-28(22)4)31(27-21)13-16-11-26-18-7-6-15(3)10-17(16)18/h6-11,14,26H,12-13H2,1-5H3. The molecule has 5 rings (SSSR count). The summed E-state index contributed by atoms with van der Waals surface area (Å²) in [6.45, 7) is 7.03. The summed E-state index contributed by atoms with van der Waals surface area (Å²) < 4.78 is 6.43. The summed E-state index contributed by atoms with van der Waals surface area (Å²) in [6, 6.07) is 6.26. The molecule has 9 heteroatoms. The van der Waals surface area contributed by atoms with Gasteiger partial charge in [-0.25, -0.2) is 9.78 Å². The van der Waals surface area contributed by atoms with E-state index in [1.54, 1.807) is 15.4 Å². The van der Waals surface area contributed by atoms with Crippen LogP contribution in [0.1, 0.15) is 25.0 Å². The second-order valence-corrected chi connectivity index (χ2v) is 9.08. The number of nitrogens with zero attached hydrogens (tertiary/aromatic N) is 6. The lowest BCUT2D eigenvalue weighted by atomic mass is 10.1. The number of imidazole rings is 1. The van der Waals surface area contributed by atoms with Crippen LogP contribution in [0.2, 0.25) is 0 Å². The number of aromatic amines is 1. The molecule has 0 aliphatic heterocycles. The van der Waals surface area contributed by atoms with Gasteiger partial charge in [0.25, 0.3) is 5.56 Å². The Kier molecular flexibility index (Phi) is 4.84. The van der Waals surface area contributed by atoms with Gasteiger partial charge in [0.2, 0.25) is 0 Å². The summed E-state index contributed by atoms with van der Waals surface area (Å²) >= 11 is 0. The van der Waals surface area contributed by atoms with Crippen LogP contribution in [0.25, 0.3) is 33.5 Å². The molecule has 0 saturated heterocycles. The van der Waals surface area contributed by atoms with Crippen LogP contribution in [0.15, 0.2) is 46.4 Å². The van der Waals surface area contributed by atoms with E-state index in [0.29, 0.717) is 35.6 Å². The monoisotopic (exact) mass is 445 g/mol. The third kappa shape index (κ3) is 3.31. The van der Waals surface area contributed by atoms with Gasteiger partial charge in [0.05, 0.1) is 6.54 Å². The Balaban J connectivity index is 1.84. The Hall–Kier alpha value is -3.88. The van der Waals surface area contributed by atoms with Crippen LogP contribution < -0.4 is 11.2 Å². The number of hydrogen-bond acceptors (Lipinski definition) is 4. The molecule has 9 nitrogen and oxygen atoms in total. The van der Waals surface area contributed by atoms with Crippen LogP contribution in [0, 0.1) is 12.8 Å². The molecular formula is C24H27N7O2. The van der Waals surface area contributed by atoms with E-state index < -0.39 is 0 Å². The average Bonchev–Trinajstić information content (AvgIpc) is 3.47. The maximum Gasteiger partial charge on any atom is 0.332 e. The molecule has 4 heterocycles. The molecule has 0 atom stereocenters. The first-order chi connectivity index (χ1) is 15.8. The molecule has 4 aromatic heterocycles. The van der Waals surface area contributed by atoms with E-state index in [1.807, 2.05) is 37.9 Å². The highest BCUT2D eigenvalue weighted by atomic mass is 16.2. The number of H-pyrrole nitrogens is 1. The first kappa shape index (κ1) is 21.0. The Morgan fingerprint density at radius 1 is 1.15 bits per heavy atom. The lowest BCUT2D eigenvalue weighted by molar-refractivity contribution is 0.498. The number of aromatic nitrogens is 7. The van der Waals surface area contributed by atoms with Crippen molar-refractivity contribution in [2.45, 2.75) is 33.9 Å². The van der Waals surface area contributed by atoms with E-state index in [1.165, 1.54) is 7.05 Å². The topological polar surface area (TPSA) is 95.4 Å². The molecule has 1 N–H and O–H groups in total. The summed E-state index contributed by atoms with van der Waals surface area (Å²) in [5, 5.41) is 6.34. The second-order valence-electron chi connectivity index (χ2n) is 9.08. The van der Waals surface area contributed by atoms with Crippen molar-refractivity contribution in [2.24, 2.45) is 20.0 Å². The molecule has 0 fully saturated rings. The molecule has 0 aliphatic rings. The Morgan fingerprint density at radius 3 is 2.64 bits per heavy atom. The Bertz CT molecular complexity index is 1620. The van der Waals surface area contributed by atoms with Gasteiger partial charge in [0, 0.05) is 50.1 Å². The van der Waals surface area contributed by atoms with Crippen LogP contribution in [-0.2, 0) is 27.2 Å². The summed E-state index contributed by atoms with van der Waals surface area (Å²) in [5.74, 6) is 0.835. The van der Waals surface area contributed by atoms with Gasteiger partial charge in [0.1, 0.15) is 11.1 Å². The first-order valence-electron chi connectivity index (χ1n) is 11.0. The van der Waals surface area contributed by atoms with Crippen LogP contribution >= 0.6 is 0 Å². The Labute approximate surface area is 189 Å². The molecule has 33 heavy (non-hydrogen) atoms. The smallest absolute Gasteiger partial charge is 0.332 e. The summed E-state index contributed by atoms with van der Waals surface area (Å²) in [7, 11) is 3.40. The van der Waals surface area contributed by atoms with Crippen molar-refractivity contribution >= 4 is 21.9 Å². The van der Waals surface area contributed by atoms with Crippen molar-refractivity contribution in [3.63, 3.8) is 0 Å². The van der Waals surface area contributed by atoms with Crippen LogP contribution in [-0.4, -0.2) is 33.4 Å². The van der Waals surface area contributed by atoms with Crippen molar-refractivity contribution in [3.05, 3.63) is 68.8 Å². The minimum absolute atomic E-state index is 0.210. The number of aryl methyl sites for hydroxylation is 2. The van der Waals surface area contributed by atoms with Crippen molar-refractivity contribution in [1.29, 1.82) is 0 Å². The number of rotatable bonds is 5. The van der Waals surface area contributed by atoms with E-state index >= 15 is 0 Å². The molecular weight excluding hydrogens is 418 g/mol. The zero-order valence-corrected chi connectivity index (χ0v) is 19.5. The SMILES string of the molecule is Cc1ccc2[nH]cc(Cn3nc4c(c3-c3nccn3C)c(=O)n(C)c(=O)n4CC(C)C)c2c1. The zero-order chi connectivity index (χ0) is 23.4. The number of fused-ring (bicyclic) bond motifs is 2. The molecule has 0 bridgehead atoms. The van der Waals surface area contributed by atoms with Gasteiger partial charge >= 0.3 is 5.69 Å². The molecule has 0 amide bonds. The summed E-state index contributed by atoms with van der Waals surface area (Å²) in [6.07, 6.45) is 5.50. The van der Waals surface area contributed by atoms with Gasteiger partial charge in [-0.3, -0.25) is 18.6 Å². The fourth-order valence-corrected chi connectivity index (χ4v) is 4.41. The Morgan fingerprint density at radius 2 is 1.94 bits per heavy atom. The largest absolute Gasteiger partial charge is 0.361 e. The maximum absolute atomic E-state index is 13.3. The van der Waals surface area contributed by atoms with Gasteiger partial charge in [0.15, 0.2) is 11.5 Å². The first-order valence-corrected chi connectivity index (χ1v) is 11.0. The van der Waals surface area contributed by atoms with Crippen molar-refractivity contribution in [1.82, 2.24) is 33.4 Å². The zero-order valence-electron chi connectivity index (χ0n) is 19.5.